The van der Waals surface area contributed by atoms with Crippen LogP contribution in [-0.2, 0) is 15.5 Å². The Bertz CT molecular complexity index is 443. The van der Waals surface area contributed by atoms with E-state index >= 15 is 0 Å². The highest BCUT2D eigenvalue weighted by atomic mass is 32.2. The molecule has 19 heavy (non-hydrogen) atoms. The summed E-state index contributed by atoms with van der Waals surface area (Å²) in [6.07, 6.45) is 1.54. The summed E-state index contributed by atoms with van der Waals surface area (Å²) in [5, 5.41) is 8.89. The van der Waals surface area contributed by atoms with Crippen molar-refractivity contribution in [3.63, 3.8) is 0 Å². The Hall–Kier alpha value is -1.38. The van der Waals surface area contributed by atoms with Crippen LogP contribution in [0.1, 0.15) is 18.4 Å². The van der Waals surface area contributed by atoms with E-state index in [2.05, 4.69) is 6.07 Å². The lowest BCUT2D eigenvalue weighted by Crippen LogP contribution is -2.09. The van der Waals surface area contributed by atoms with Gasteiger partial charge in [0.15, 0.2) is 0 Å². The molecule has 0 aliphatic rings. The second-order valence-corrected chi connectivity index (χ2v) is 5.70. The van der Waals surface area contributed by atoms with Gasteiger partial charge in [0.1, 0.15) is 11.8 Å². The summed E-state index contributed by atoms with van der Waals surface area (Å²) in [6.45, 7) is 1.13. The molecule has 0 amide bonds. The highest BCUT2D eigenvalue weighted by Crippen LogP contribution is 2.16. The highest BCUT2D eigenvalue weighted by molar-refractivity contribution is 7.84. The zero-order chi connectivity index (χ0) is 13.9. The van der Waals surface area contributed by atoms with Gasteiger partial charge in [-0.05, 0) is 25.0 Å². The summed E-state index contributed by atoms with van der Waals surface area (Å²) in [7, 11) is 0.831. The first-order valence-corrected chi connectivity index (χ1v) is 7.72. The number of methoxy groups -OCH3 is 1. The Kier molecular flexibility index (Phi) is 7.87. The molecule has 0 saturated heterocycles. The number of hydrogen-bond acceptors (Lipinski definition) is 4. The van der Waals surface area contributed by atoms with Crippen molar-refractivity contribution in [2.75, 3.05) is 31.8 Å². The van der Waals surface area contributed by atoms with Gasteiger partial charge in [-0.1, -0.05) is 12.1 Å². The number of benzene rings is 1. The third-order valence-electron chi connectivity index (χ3n) is 2.50. The average molecular weight is 281 g/mol. The van der Waals surface area contributed by atoms with Crippen molar-refractivity contribution >= 4 is 10.8 Å². The van der Waals surface area contributed by atoms with Crippen LogP contribution in [0.3, 0.4) is 0 Å². The van der Waals surface area contributed by atoms with Crippen LogP contribution in [0.5, 0.6) is 5.75 Å². The van der Waals surface area contributed by atoms with Crippen molar-refractivity contribution in [3.8, 4) is 11.8 Å². The Morgan fingerprint density at radius 1 is 1.21 bits per heavy atom. The van der Waals surface area contributed by atoms with Crippen molar-refractivity contribution in [2.45, 2.75) is 12.8 Å². The van der Waals surface area contributed by atoms with E-state index in [4.69, 9.17) is 14.7 Å². The van der Waals surface area contributed by atoms with Gasteiger partial charge in [-0.3, -0.25) is 4.21 Å². The summed E-state index contributed by atoms with van der Waals surface area (Å²) < 4.78 is 22.0. The Balaban J connectivity index is 2.20. The molecule has 4 nitrogen and oxygen atoms in total. The predicted molar refractivity (Wildman–Crippen MR) is 75.6 cm³/mol. The van der Waals surface area contributed by atoms with Crippen molar-refractivity contribution in [2.24, 2.45) is 0 Å². The molecule has 1 aromatic carbocycles. The molecule has 1 aromatic rings. The lowest BCUT2D eigenvalue weighted by Gasteiger charge is -2.07. The van der Waals surface area contributed by atoms with E-state index in [1.807, 2.05) is 6.07 Å². The first-order chi connectivity index (χ1) is 9.27. The topological polar surface area (TPSA) is 59.3 Å². The Labute approximate surface area is 116 Å². The molecule has 0 aliphatic heterocycles. The minimum Gasteiger partial charge on any atom is -0.492 e. The summed E-state index contributed by atoms with van der Waals surface area (Å²) >= 11 is 0. The molecule has 0 saturated carbocycles. The van der Waals surface area contributed by atoms with E-state index < -0.39 is 10.8 Å². The fraction of sp³-hybridized carbons (Fsp3) is 0.500. The molecule has 0 spiro atoms. The van der Waals surface area contributed by atoms with E-state index in [9.17, 15) is 4.21 Å². The number of nitrogens with zero attached hydrogens (tertiary/aromatic N) is 1. The molecule has 1 rings (SSSR count). The molecule has 0 fully saturated rings. The number of para-hydroxylation sites is 1. The van der Waals surface area contributed by atoms with Crippen LogP contribution >= 0.6 is 0 Å². The van der Waals surface area contributed by atoms with Crippen molar-refractivity contribution < 1.29 is 13.7 Å². The number of hydrogen-bond donors (Lipinski definition) is 0. The van der Waals surface area contributed by atoms with E-state index in [1.165, 1.54) is 0 Å². The first kappa shape index (κ1) is 15.7. The second kappa shape index (κ2) is 9.54. The number of nitriles is 1. The van der Waals surface area contributed by atoms with E-state index in [0.717, 1.165) is 12.8 Å². The van der Waals surface area contributed by atoms with Crippen LogP contribution in [-0.4, -0.2) is 36.0 Å². The quantitative estimate of drug-likeness (QED) is 0.650. The molecular formula is C14H19NO3S. The zero-order valence-electron chi connectivity index (χ0n) is 11.1. The van der Waals surface area contributed by atoms with E-state index in [1.54, 1.807) is 25.3 Å². The standard InChI is InChI=1S/C14H19NO3S/c1-17-8-4-10-19(16)11-5-9-18-14-7-3-2-6-13(14)12-15/h2-3,6-7H,4-5,8-11H2,1H3. The normalized spacial score (nSPS) is 11.8. The van der Waals surface area contributed by atoms with Gasteiger partial charge >= 0.3 is 0 Å². The van der Waals surface area contributed by atoms with Gasteiger partial charge in [0.05, 0.1) is 12.2 Å². The number of rotatable bonds is 9. The maximum Gasteiger partial charge on any atom is 0.137 e. The maximum atomic E-state index is 11.6. The van der Waals surface area contributed by atoms with Gasteiger partial charge in [0, 0.05) is 36.0 Å². The van der Waals surface area contributed by atoms with Crippen LogP contribution < -0.4 is 4.74 Å². The van der Waals surface area contributed by atoms with Gasteiger partial charge in [-0.15, -0.1) is 0 Å². The van der Waals surface area contributed by atoms with Gasteiger partial charge in [-0.25, -0.2) is 0 Å². The third kappa shape index (κ3) is 6.37. The zero-order valence-corrected chi connectivity index (χ0v) is 11.9. The van der Waals surface area contributed by atoms with E-state index in [0.29, 0.717) is 36.0 Å². The summed E-state index contributed by atoms with van der Waals surface area (Å²) in [4.78, 5) is 0. The molecule has 1 unspecified atom stereocenters. The molecular weight excluding hydrogens is 262 g/mol. The maximum absolute atomic E-state index is 11.6. The fourth-order valence-electron chi connectivity index (χ4n) is 1.55. The summed E-state index contributed by atoms with van der Waals surface area (Å²) in [6, 6.07) is 9.21. The van der Waals surface area contributed by atoms with Crippen LogP contribution in [0.2, 0.25) is 0 Å². The van der Waals surface area contributed by atoms with E-state index in [-0.39, 0.29) is 0 Å². The van der Waals surface area contributed by atoms with Crippen LogP contribution in [0, 0.1) is 11.3 Å². The lowest BCUT2D eigenvalue weighted by molar-refractivity contribution is 0.200. The third-order valence-corrected chi connectivity index (χ3v) is 3.99. The second-order valence-electron chi connectivity index (χ2n) is 4.00. The first-order valence-electron chi connectivity index (χ1n) is 6.23. The minimum absolute atomic E-state index is 0.481. The Morgan fingerprint density at radius 2 is 1.89 bits per heavy atom. The highest BCUT2D eigenvalue weighted by Gasteiger charge is 2.03. The molecule has 0 bridgehead atoms. The van der Waals surface area contributed by atoms with Crippen molar-refractivity contribution in [1.29, 1.82) is 5.26 Å². The van der Waals surface area contributed by atoms with Crippen molar-refractivity contribution in [3.05, 3.63) is 29.8 Å². The monoisotopic (exact) mass is 281 g/mol. The molecule has 1 atom stereocenters. The summed E-state index contributed by atoms with van der Waals surface area (Å²) in [5.74, 6) is 1.89. The molecule has 104 valence electrons. The van der Waals surface area contributed by atoms with Gasteiger partial charge < -0.3 is 9.47 Å². The van der Waals surface area contributed by atoms with Gasteiger partial charge in [0.25, 0.3) is 0 Å². The molecule has 0 heterocycles. The van der Waals surface area contributed by atoms with Gasteiger partial charge in [-0.2, -0.15) is 5.26 Å². The predicted octanol–water partition coefficient (Wildman–Crippen LogP) is 2.11. The number of ether oxygens (including phenoxy) is 2. The van der Waals surface area contributed by atoms with Gasteiger partial charge in [0.2, 0.25) is 0 Å². The average Bonchev–Trinajstić information content (AvgIpc) is 2.44. The fourth-order valence-corrected chi connectivity index (χ4v) is 2.64. The molecule has 5 heteroatoms. The summed E-state index contributed by atoms with van der Waals surface area (Å²) in [5.41, 5.74) is 0.531. The SMILES string of the molecule is COCCCS(=O)CCCOc1ccccc1C#N. The van der Waals surface area contributed by atoms with Crippen molar-refractivity contribution in [1.82, 2.24) is 0 Å². The van der Waals surface area contributed by atoms with Crippen LogP contribution in [0.25, 0.3) is 0 Å². The molecule has 0 N–H and O–H groups in total. The lowest BCUT2D eigenvalue weighted by atomic mass is 10.2. The molecule has 0 radical (unpaired) electrons. The largest absolute Gasteiger partial charge is 0.492 e. The smallest absolute Gasteiger partial charge is 0.137 e. The minimum atomic E-state index is -0.812. The van der Waals surface area contributed by atoms with Crippen LogP contribution in [0.4, 0.5) is 0 Å². The Morgan fingerprint density at radius 3 is 2.58 bits per heavy atom. The molecule has 0 aromatic heterocycles. The molecule has 0 aliphatic carbocycles. The van der Waals surface area contributed by atoms with Crippen LogP contribution in [0.15, 0.2) is 24.3 Å².